The van der Waals surface area contributed by atoms with Gasteiger partial charge in [0.05, 0.1) is 21.8 Å². The molecule has 0 radical (unpaired) electrons. The van der Waals surface area contributed by atoms with Crippen LogP contribution in [0.1, 0.15) is 47.5 Å². The van der Waals surface area contributed by atoms with E-state index in [9.17, 15) is 17.8 Å². The van der Waals surface area contributed by atoms with Gasteiger partial charge in [-0.3, -0.25) is 4.79 Å². The van der Waals surface area contributed by atoms with Crippen LogP contribution in [0.4, 0.5) is 0 Å². The minimum absolute atomic E-state index is 0.166. The van der Waals surface area contributed by atoms with Crippen molar-refractivity contribution < 1.29 is 22.5 Å². The Morgan fingerprint density at radius 3 is 2.15 bits per heavy atom. The summed E-state index contributed by atoms with van der Waals surface area (Å²) < 4.78 is 37.4. The number of piperidine rings is 1. The molecule has 118 valence electrons. The van der Waals surface area contributed by atoms with Crippen molar-refractivity contribution in [3.05, 3.63) is 0 Å². The molecular weight excluding hydrogens is 282 g/mol. The lowest BCUT2D eigenvalue weighted by Crippen LogP contribution is -2.59. The number of rotatable bonds is 4. The molecule has 0 amide bonds. The third-order valence-corrected chi connectivity index (χ3v) is 4.20. The molecule has 0 spiro atoms. The molecule has 0 aliphatic carbocycles. The van der Waals surface area contributed by atoms with E-state index in [0.29, 0.717) is 12.8 Å². The van der Waals surface area contributed by atoms with Crippen molar-refractivity contribution in [3.8, 4) is 0 Å². The minimum Gasteiger partial charge on any atom is -0.748 e. The average Bonchev–Trinajstić information content (AvgIpc) is 2.08. The molecule has 0 bridgehead atoms. The number of esters is 1. The highest BCUT2D eigenvalue weighted by molar-refractivity contribution is 7.85. The summed E-state index contributed by atoms with van der Waals surface area (Å²) in [5.41, 5.74) is -0.332. The normalized spacial score (nSPS) is 24.1. The summed E-state index contributed by atoms with van der Waals surface area (Å²) in [7, 11) is -4.42. The standard InChI is InChI=1S/C13H25NO5S/c1-9(8-20(16,17)18)11(15)19-10-6-12(2,3)14-13(4,5)7-10/h9-10,14H,6-8H2,1-5H3,(H,16,17,18)/p-1. The van der Waals surface area contributed by atoms with E-state index in [1.54, 1.807) is 0 Å². The van der Waals surface area contributed by atoms with Crippen molar-refractivity contribution in [3.63, 3.8) is 0 Å². The van der Waals surface area contributed by atoms with Crippen LogP contribution in [0.25, 0.3) is 0 Å². The van der Waals surface area contributed by atoms with E-state index in [2.05, 4.69) is 5.32 Å². The number of carbonyl (C=O) groups excluding carboxylic acids is 1. The zero-order valence-corrected chi connectivity index (χ0v) is 13.5. The molecule has 1 rings (SSSR count). The van der Waals surface area contributed by atoms with Gasteiger partial charge in [-0.2, -0.15) is 0 Å². The van der Waals surface area contributed by atoms with Crippen LogP contribution in [0.2, 0.25) is 0 Å². The molecule has 1 N–H and O–H groups in total. The highest BCUT2D eigenvalue weighted by atomic mass is 32.2. The lowest BCUT2D eigenvalue weighted by Gasteiger charge is -2.46. The molecule has 0 aromatic heterocycles. The van der Waals surface area contributed by atoms with Gasteiger partial charge in [0.15, 0.2) is 0 Å². The fourth-order valence-corrected chi connectivity index (χ4v) is 3.72. The molecule has 6 nitrogen and oxygen atoms in total. The fourth-order valence-electron chi connectivity index (χ4n) is 2.97. The lowest BCUT2D eigenvalue weighted by molar-refractivity contribution is -0.156. The summed E-state index contributed by atoms with van der Waals surface area (Å²) in [6, 6.07) is 0. The van der Waals surface area contributed by atoms with Crippen molar-refractivity contribution >= 4 is 16.1 Å². The van der Waals surface area contributed by atoms with E-state index in [-0.39, 0.29) is 17.2 Å². The Morgan fingerprint density at radius 2 is 1.75 bits per heavy atom. The first kappa shape index (κ1) is 17.4. The summed E-state index contributed by atoms with van der Waals surface area (Å²) in [6.07, 6.45) is 1.03. The number of hydrogen-bond donors (Lipinski definition) is 1. The molecule has 1 atom stereocenters. The Hall–Kier alpha value is -0.660. The van der Waals surface area contributed by atoms with E-state index < -0.39 is 27.8 Å². The van der Waals surface area contributed by atoms with Crippen LogP contribution in [0.15, 0.2) is 0 Å². The molecule has 0 aromatic rings. The fraction of sp³-hybridized carbons (Fsp3) is 0.923. The minimum atomic E-state index is -4.42. The first-order valence-corrected chi connectivity index (χ1v) is 8.31. The number of carbonyl (C=O) groups is 1. The predicted molar refractivity (Wildman–Crippen MR) is 74.1 cm³/mol. The summed E-state index contributed by atoms with van der Waals surface area (Å²) in [5.74, 6) is -2.27. The molecule has 1 saturated heterocycles. The quantitative estimate of drug-likeness (QED) is 0.615. The molecular formula is C13H24NO5S-. The summed E-state index contributed by atoms with van der Waals surface area (Å²) in [5, 5.41) is 3.47. The van der Waals surface area contributed by atoms with Crippen LogP contribution in [-0.2, 0) is 19.6 Å². The van der Waals surface area contributed by atoms with Crippen molar-refractivity contribution in [2.45, 2.75) is 64.6 Å². The Morgan fingerprint density at radius 1 is 1.30 bits per heavy atom. The summed E-state index contributed by atoms with van der Waals surface area (Å²) in [4.78, 5) is 11.9. The van der Waals surface area contributed by atoms with Crippen LogP contribution >= 0.6 is 0 Å². The van der Waals surface area contributed by atoms with E-state index in [1.165, 1.54) is 6.92 Å². The molecule has 1 unspecified atom stereocenters. The molecule has 7 heteroatoms. The molecule has 0 saturated carbocycles. The lowest BCUT2D eigenvalue weighted by atomic mass is 9.81. The highest BCUT2D eigenvalue weighted by Gasteiger charge is 2.39. The van der Waals surface area contributed by atoms with Gasteiger partial charge in [-0.15, -0.1) is 0 Å². The second kappa shape index (κ2) is 5.61. The molecule has 0 aromatic carbocycles. The largest absolute Gasteiger partial charge is 0.748 e. The van der Waals surface area contributed by atoms with E-state index in [1.807, 2.05) is 27.7 Å². The first-order chi connectivity index (χ1) is 8.80. The third kappa shape index (κ3) is 5.76. The predicted octanol–water partition coefficient (Wildman–Crippen LogP) is 1.02. The van der Waals surface area contributed by atoms with Gasteiger partial charge in [0.1, 0.15) is 6.10 Å². The second-order valence-electron chi connectivity index (χ2n) is 6.99. The van der Waals surface area contributed by atoms with Crippen molar-refractivity contribution in [1.82, 2.24) is 5.32 Å². The molecule has 1 fully saturated rings. The molecule has 20 heavy (non-hydrogen) atoms. The van der Waals surface area contributed by atoms with Gasteiger partial charge in [0.25, 0.3) is 0 Å². The van der Waals surface area contributed by atoms with Gasteiger partial charge in [-0.25, -0.2) is 8.42 Å². The van der Waals surface area contributed by atoms with Gasteiger partial charge in [0.2, 0.25) is 0 Å². The van der Waals surface area contributed by atoms with Crippen molar-refractivity contribution in [2.24, 2.45) is 5.92 Å². The van der Waals surface area contributed by atoms with E-state index >= 15 is 0 Å². The maximum absolute atomic E-state index is 11.9. The topological polar surface area (TPSA) is 95.5 Å². The molecule has 1 heterocycles. The van der Waals surface area contributed by atoms with Gasteiger partial charge < -0.3 is 14.6 Å². The highest BCUT2D eigenvalue weighted by Crippen LogP contribution is 2.30. The van der Waals surface area contributed by atoms with E-state index in [4.69, 9.17) is 4.74 Å². The van der Waals surface area contributed by atoms with E-state index in [0.717, 1.165) is 0 Å². The maximum Gasteiger partial charge on any atom is 0.309 e. The zero-order valence-electron chi connectivity index (χ0n) is 12.7. The monoisotopic (exact) mass is 306 g/mol. The van der Waals surface area contributed by atoms with Gasteiger partial charge >= 0.3 is 5.97 Å². The van der Waals surface area contributed by atoms with Gasteiger partial charge in [0, 0.05) is 23.9 Å². The van der Waals surface area contributed by atoms with Crippen LogP contribution in [-0.4, -0.2) is 41.9 Å². The number of nitrogens with one attached hydrogen (secondary N) is 1. The Bertz CT molecular complexity index is 453. The van der Waals surface area contributed by atoms with Crippen LogP contribution < -0.4 is 5.32 Å². The average molecular weight is 306 g/mol. The third-order valence-electron chi connectivity index (χ3n) is 3.29. The smallest absolute Gasteiger partial charge is 0.309 e. The first-order valence-electron chi connectivity index (χ1n) is 6.73. The Balaban J connectivity index is 2.66. The number of hydrogen-bond acceptors (Lipinski definition) is 6. The Labute approximate surface area is 121 Å². The Kier molecular flexibility index (Phi) is 4.88. The van der Waals surface area contributed by atoms with Crippen LogP contribution in [0.5, 0.6) is 0 Å². The van der Waals surface area contributed by atoms with Gasteiger partial charge in [-0.05, 0) is 27.7 Å². The SMILES string of the molecule is CC(CS(=O)(=O)[O-])C(=O)OC1CC(C)(C)NC(C)(C)C1. The maximum atomic E-state index is 11.9. The van der Waals surface area contributed by atoms with Crippen LogP contribution in [0, 0.1) is 5.92 Å². The van der Waals surface area contributed by atoms with Gasteiger partial charge in [-0.1, -0.05) is 6.92 Å². The summed E-state index contributed by atoms with van der Waals surface area (Å²) in [6.45, 7) is 9.51. The van der Waals surface area contributed by atoms with Crippen molar-refractivity contribution in [1.29, 1.82) is 0 Å². The molecule has 1 aliphatic rings. The molecule has 1 aliphatic heterocycles. The summed E-state index contributed by atoms with van der Waals surface area (Å²) >= 11 is 0. The second-order valence-corrected chi connectivity index (χ2v) is 8.43. The number of ether oxygens (including phenoxy) is 1. The zero-order chi connectivity index (χ0) is 15.8. The van der Waals surface area contributed by atoms with Crippen molar-refractivity contribution in [2.75, 3.05) is 5.75 Å². The van der Waals surface area contributed by atoms with Crippen LogP contribution in [0.3, 0.4) is 0 Å².